The minimum absolute atomic E-state index is 0.187. The lowest BCUT2D eigenvalue weighted by Crippen LogP contribution is -2.27. The molecule has 0 saturated heterocycles. The van der Waals surface area contributed by atoms with Gasteiger partial charge in [-0.05, 0) is 26.0 Å². The average Bonchev–Trinajstić information content (AvgIpc) is 2.84. The summed E-state index contributed by atoms with van der Waals surface area (Å²) in [5.74, 6) is -0.194. The van der Waals surface area contributed by atoms with Gasteiger partial charge >= 0.3 is 0 Å². The molecule has 8 heteroatoms. The van der Waals surface area contributed by atoms with Gasteiger partial charge in [0.1, 0.15) is 4.90 Å². The second-order valence-electron chi connectivity index (χ2n) is 6.29. The van der Waals surface area contributed by atoms with Gasteiger partial charge in [0.25, 0.3) is 10.0 Å². The molecule has 1 aromatic carbocycles. The molecule has 0 amide bonds. The number of rotatable bonds is 6. The number of hydrogen-bond donors (Lipinski definition) is 0. The lowest BCUT2D eigenvalue weighted by atomic mass is 10.1. The minimum atomic E-state index is -3.79. The van der Waals surface area contributed by atoms with Crippen LogP contribution < -0.4 is 4.31 Å². The highest BCUT2D eigenvalue weighted by Crippen LogP contribution is 2.27. The number of carbonyl (C=O) groups is 1. The van der Waals surface area contributed by atoms with Crippen molar-refractivity contribution in [2.45, 2.75) is 18.7 Å². The number of aromatic nitrogens is 2. The van der Waals surface area contributed by atoms with Crippen molar-refractivity contribution in [3.63, 3.8) is 0 Å². The number of anilines is 1. The summed E-state index contributed by atoms with van der Waals surface area (Å²) < 4.78 is 28.8. The Kier molecular flexibility index (Phi) is 5.56. The second kappa shape index (κ2) is 7.33. The van der Waals surface area contributed by atoms with Gasteiger partial charge in [0.2, 0.25) is 0 Å². The van der Waals surface area contributed by atoms with Gasteiger partial charge in [-0.25, -0.2) is 8.42 Å². The highest BCUT2D eigenvalue weighted by molar-refractivity contribution is 7.92. The Labute approximate surface area is 154 Å². The SMILES string of the molecule is Cc1nn(C)c(C)c1S(=O)(=O)N(C)c1cccc(C(=O)C=CN(C)C)c1. The van der Waals surface area contributed by atoms with Crippen molar-refractivity contribution in [2.24, 2.45) is 7.05 Å². The summed E-state index contributed by atoms with van der Waals surface area (Å²) in [6, 6.07) is 6.56. The Balaban J connectivity index is 2.42. The van der Waals surface area contributed by atoms with E-state index < -0.39 is 10.0 Å². The highest BCUT2D eigenvalue weighted by atomic mass is 32.2. The molecular formula is C18H24N4O3S. The van der Waals surface area contributed by atoms with Crippen molar-refractivity contribution < 1.29 is 13.2 Å². The van der Waals surface area contributed by atoms with Gasteiger partial charge in [0.05, 0.1) is 17.1 Å². The van der Waals surface area contributed by atoms with Crippen LogP contribution in [0.4, 0.5) is 5.69 Å². The third-order valence-electron chi connectivity index (χ3n) is 4.08. The Morgan fingerprint density at radius 1 is 1.19 bits per heavy atom. The van der Waals surface area contributed by atoms with Crippen molar-refractivity contribution in [1.82, 2.24) is 14.7 Å². The van der Waals surface area contributed by atoms with E-state index in [4.69, 9.17) is 0 Å². The molecule has 1 heterocycles. The van der Waals surface area contributed by atoms with Crippen LogP contribution in [0.15, 0.2) is 41.4 Å². The van der Waals surface area contributed by atoms with Crippen LogP contribution in [0.2, 0.25) is 0 Å². The van der Waals surface area contributed by atoms with Crippen LogP contribution in [0, 0.1) is 13.8 Å². The van der Waals surface area contributed by atoms with Crippen molar-refractivity contribution >= 4 is 21.5 Å². The van der Waals surface area contributed by atoms with Gasteiger partial charge in [0.15, 0.2) is 5.78 Å². The van der Waals surface area contributed by atoms with Crippen LogP contribution >= 0.6 is 0 Å². The van der Waals surface area contributed by atoms with Crippen molar-refractivity contribution in [2.75, 3.05) is 25.4 Å². The molecule has 0 aliphatic rings. The van der Waals surface area contributed by atoms with E-state index in [9.17, 15) is 13.2 Å². The fraction of sp³-hybridized carbons (Fsp3) is 0.333. The Hall–Kier alpha value is -2.61. The zero-order valence-electron chi connectivity index (χ0n) is 15.9. The predicted octanol–water partition coefficient (Wildman–Crippen LogP) is 2.12. The summed E-state index contributed by atoms with van der Waals surface area (Å²) in [4.78, 5) is 14.2. The monoisotopic (exact) mass is 376 g/mol. The topological polar surface area (TPSA) is 75.5 Å². The number of ketones is 1. The summed E-state index contributed by atoms with van der Waals surface area (Å²) >= 11 is 0. The molecule has 0 saturated carbocycles. The Bertz CT molecular complexity index is 959. The van der Waals surface area contributed by atoms with Crippen molar-refractivity contribution in [3.8, 4) is 0 Å². The van der Waals surface area contributed by atoms with Crippen LogP contribution in [0.1, 0.15) is 21.7 Å². The molecule has 2 rings (SSSR count). The average molecular weight is 376 g/mol. The molecule has 0 radical (unpaired) electrons. The largest absolute Gasteiger partial charge is 0.383 e. The first-order valence-corrected chi connectivity index (χ1v) is 9.48. The Morgan fingerprint density at radius 3 is 2.38 bits per heavy atom. The number of aryl methyl sites for hydroxylation is 2. The third-order valence-corrected chi connectivity index (χ3v) is 6.12. The quantitative estimate of drug-likeness (QED) is 0.570. The minimum Gasteiger partial charge on any atom is -0.383 e. The maximum absolute atomic E-state index is 13.1. The van der Waals surface area contributed by atoms with Gasteiger partial charge in [-0.3, -0.25) is 13.8 Å². The second-order valence-corrected chi connectivity index (χ2v) is 8.20. The zero-order chi connectivity index (χ0) is 19.6. The number of nitrogens with zero attached hydrogens (tertiary/aromatic N) is 4. The number of carbonyl (C=O) groups excluding carboxylic acids is 1. The van der Waals surface area contributed by atoms with Gasteiger partial charge in [-0.1, -0.05) is 12.1 Å². The summed E-state index contributed by atoms with van der Waals surface area (Å²) in [5, 5.41) is 4.18. The summed E-state index contributed by atoms with van der Waals surface area (Å²) in [7, 11) is 3.03. The fourth-order valence-electron chi connectivity index (χ4n) is 2.57. The van der Waals surface area contributed by atoms with E-state index in [-0.39, 0.29) is 10.7 Å². The highest BCUT2D eigenvalue weighted by Gasteiger charge is 2.28. The molecule has 140 valence electrons. The maximum atomic E-state index is 13.1. The lowest BCUT2D eigenvalue weighted by Gasteiger charge is -2.20. The zero-order valence-corrected chi connectivity index (χ0v) is 16.7. The van der Waals surface area contributed by atoms with Crippen LogP contribution in [-0.4, -0.2) is 50.0 Å². The summed E-state index contributed by atoms with van der Waals surface area (Å²) in [6.07, 6.45) is 3.10. The molecule has 0 atom stereocenters. The van der Waals surface area contributed by atoms with E-state index in [1.165, 1.54) is 17.4 Å². The molecule has 7 nitrogen and oxygen atoms in total. The first-order chi connectivity index (χ1) is 12.1. The van der Waals surface area contributed by atoms with E-state index in [0.717, 1.165) is 0 Å². The first-order valence-electron chi connectivity index (χ1n) is 8.04. The van der Waals surface area contributed by atoms with Gasteiger partial charge in [-0.2, -0.15) is 5.10 Å². The van der Waals surface area contributed by atoms with E-state index >= 15 is 0 Å². The molecule has 2 aromatic rings. The smallest absolute Gasteiger partial charge is 0.267 e. The van der Waals surface area contributed by atoms with E-state index in [1.54, 1.807) is 60.9 Å². The lowest BCUT2D eigenvalue weighted by molar-refractivity contribution is 0.104. The molecule has 0 aliphatic heterocycles. The fourth-order valence-corrected chi connectivity index (χ4v) is 4.16. The van der Waals surface area contributed by atoms with Gasteiger partial charge in [0, 0.05) is 46.0 Å². The predicted molar refractivity (Wildman–Crippen MR) is 102 cm³/mol. The van der Waals surface area contributed by atoms with Crippen LogP contribution in [-0.2, 0) is 17.1 Å². The number of hydrogen-bond acceptors (Lipinski definition) is 5. The van der Waals surface area contributed by atoms with E-state index in [0.29, 0.717) is 22.6 Å². The Morgan fingerprint density at radius 2 is 1.85 bits per heavy atom. The molecular weight excluding hydrogens is 352 g/mol. The standard InChI is InChI=1S/C18H24N4O3S/c1-13-18(14(2)21(5)19-13)26(24,25)22(6)16-9-7-8-15(12-16)17(23)10-11-20(3)4/h7-12H,1-6H3. The number of allylic oxidation sites excluding steroid dienone is 1. The van der Waals surface area contributed by atoms with Crippen molar-refractivity contribution in [1.29, 1.82) is 0 Å². The van der Waals surface area contributed by atoms with E-state index in [1.807, 2.05) is 14.1 Å². The van der Waals surface area contributed by atoms with Gasteiger partial charge in [-0.15, -0.1) is 0 Å². The maximum Gasteiger partial charge on any atom is 0.267 e. The molecule has 0 bridgehead atoms. The molecule has 1 aromatic heterocycles. The summed E-state index contributed by atoms with van der Waals surface area (Å²) in [5.41, 5.74) is 1.84. The molecule has 0 fully saturated rings. The van der Waals surface area contributed by atoms with Crippen LogP contribution in [0.5, 0.6) is 0 Å². The van der Waals surface area contributed by atoms with Gasteiger partial charge < -0.3 is 4.90 Å². The number of benzene rings is 1. The number of sulfonamides is 1. The van der Waals surface area contributed by atoms with Crippen LogP contribution in [0.25, 0.3) is 0 Å². The summed E-state index contributed by atoms with van der Waals surface area (Å²) in [6.45, 7) is 3.38. The molecule has 0 N–H and O–H groups in total. The molecule has 0 unspecified atom stereocenters. The van der Waals surface area contributed by atoms with Crippen LogP contribution in [0.3, 0.4) is 0 Å². The molecule has 0 aliphatic carbocycles. The van der Waals surface area contributed by atoms with E-state index in [2.05, 4.69) is 5.10 Å². The normalized spacial score (nSPS) is 11.8. The molecule has 26 heavy (non-hydrogen) atoms. The van der Waals surface area contributed by atoms with Crippen molar-refractivity contribution in [3.05, 3.63) is 53.5 Å². The third kappa shape index (κ3) is 3.80. The first kappa shape index (κ1) is 19.7. The molecule has 0 spiro atoms.